The molecule has 1 atom stereocenters. The van der Waals surface area contributed by atoms with Gasteiger partial charge in [-0.15, -0.1) is 0 Å². The van der Waals surface area contributed by atoms with Crippen LogP contribution in [0.2, 0.25) is 0 Å². The van der Waals surface area contributed by atoms with E-state index >= 15 is 4.39 Å². The van der Waals surface area contributed by atoms with Crippen molar-refractivity contribution in [3.05, 3.63) is 70.7 Å². The van der Waals surface area contributed by atoms with Gasteiger partial charge < -0.3 is 19.5 Å². The topological polar surface area (TPSA) is 86.8 Å². The smallest absolute Gasteiger partial charge is 0.339 e. The minimum absolute atomic E-state index is 0.0654. The summed E-state index contributed by atoms with van der Waals surface area (Å²) in [5, 5.41) is 4.55. The fraction of sp³-hybridized carbons (Fsp3) is 0.344. The lowest BCUT2D eigenvalue weighted by Gasteiger charge is -2.30. The van der Waals surface area contributed by atoms with E-state index in [2.05, 4.69) is 5.32 Å². The van der Waals surface area contributed by atoms with E-state index < -0.39 is 29.4 Å². The number of fused-ring (bicyclic) bond motifs is 1. The van der Waals surface area contributed by atoms with Crippen molar-refractivity contribution in [1.29, 1.82) is 0 Å². The maximum absolute atomic E-state index is 15.5. The normalized spacial score (nSPS) is 13.7. The number of ether oxygens (including phenoxy) is 3. The highest BCUT2D eigenvalue weighted by Gasteiger charge is 2.34. The molecule has 0 radical (unpaired) electrons. The number of carbonyl (C=O) groups excluding carboxylic acids is 2. The summed E-state index contributed by atoms with van der Waals surface area (Å²) in [6.45, 7) is 9.97. The minimum atomic E-state index is -1.09. The van der Waals surface area contributed by atoms with Crippen molar-refractivity contribution in [2.45, 2.75) is 52.7 Å². The molecule has 8 heteroatoms. The molecular formula is C32H33FN2O5. The van der Waals surface area contributed by atoms with Gasteiger partial charge in [0.1, 0.15) is 11.6 Å². The first-order chi connectivity index (χ1) is 19.0. The Morgan fingerprint density at radius 3 is 2.65 bits per heavy atom. The Morgan fingerprint density at radius 2 is 1.95 bits per heavy atom. The third kappa shape index (κ3) is 4.88. The van der Waals surface area contributed by atoms with Crippen molar-refractivity contribution in [1.82, 2.24) is 10.3 Å². The van der Waals surface area contributed by atoms with E-state index in [1.165, 1.54) is 19.2 Å². The Kier molecular flexibility index (Phi) is 7.23. The SMILES string of the molecule is CCOC(=O)[C@@H](OC(C)(C)C)c1c(C)cc2cc(C(=O)NC)c(F)cc2c1-c1ccc2c3c(ccnc13)CCO2. The first kappa shape index (κ1) is 27.5. The highest BCUT2D eigenvalue weighted by Crippen LogP contribution is 2.45. The van der Waals surface area contributed by atoms with Crippen molar-refractivity contribution in [3.8, 4) is 16.9 Å². The zero-order valence-electron chi connectivity index (χ0n) is 23.6. The molecule has 3 aromatic carbocycles. The Labute approximate surface area is 232 Å². The molecule has 0 saturated carbocycles. The van der Waals surface area contributed by atoms with Crippen LogP contribution in [0.1, 0.15) is 60.8 Å². The van der Waals surface area contributed by atoms with Crippen LogP contribution in [0.3, 0.4) is 0 Å². The third-order valence-corrected chi connectivity index (χ3v) is 7.02. The summed E-state index contributed by atoms with van der Waals surface area (Å²) in [7, 11) is 1.46. The second kappa shape index (κ2) is 10.5. The molecule has 0 spiro atoms. The Bertz CT molecular complexity index is 1650. The van der Waals surface area contributed by atoms with Gasteiger partial charge in [0.05, 0.1) is 29.9 Å². The number of amides is 1. The molecule has 1 aliphatic rings. The molecular weight excluding hydrogens is 511 g/mol. The van der Waals surface area contributed by atoms with E-state index in [0.29, 0.717) is 39.6 Å². The molecule has 0 fully saturated rings. The van der Waals surface area contributed by atoms with Gasteiger partial charge in [-0.3, -0.25) is 9.78 Å². The molecule has 208 valence electrons. The molecule has 5 rings (SSSR count). The fourth-order valence-corrected chi connectivity index (χ4v) is 5.42. The Balaban J connectivity index is 1.92. The Hall–Kier alpha value is -4.04. The number of aryl methyl sites for hydroxylation is 1. The first-order valence-electron chi connectivity index (χ1n) is 13.4. The molecule has 1 N–H and O–H groups in total. The van der Waals surface area contributed by atoms with E-state index in [1.54, 1.807) is 13.1 Å². The Morgan fingerprint density at radius 1 is 1.18 bits per heavy atom. The van der Waals surface area contributed by atoms with Gasteiger partial charge in [0.2, 0.25) is 0 Å². The lowest BCUT2D eigenvalue weighted by Crippen LogP contribution is -2.29. The number of nitrogens with one attached hydrogen (secondary N) is 1. The van der Waals surface area contributed by atoms with Crippen LogP contribution < -0.4 is 10.1 Å². The number of hydrogen-bond acceptors (Lipinski definition) is 6. The number of aromatic nitrogens is 1. The molecule has 0 aliphatic carbocycles. The van der Waals surface area contributed by atoms with Crippen LogP contribution in [-0.4, -0.2) is 42.7 Å². The number of rotatable bonds is 6. The molecule has 1 amide bonds. The van der Waals surface area contributed by atoms with Crippen molar-refractivity contribution in [3.63, 3.8) is 0 Å². The molecule has 4 aromatic rings. The first-order valence-corrected chi connectivity index (χ1v) is 13.4. The van der Waals surface area contributed by atoms with Crippen LogP contribution in [-0.2, 0) is 20.7 Å². The predicted octanol–water partition coefficient (Wildman–Crippen LogP) is 6.22. The zero-order valence-corrected chi connectivity index (χ0v) is 23.6. The summed E-state index contributed by atoms with van der Waals surface area (Å²) in [5.74, 6) is -1.01. The summed E-state index contributed by atoms with van der Waals surface area (Å²) in [6, 6.07) is 10.5. The van der Waals surface area contributed by atoms with Crippen LogP contribution in [0, 0.1) is 12.7 Å². The van der Waals surface area contributed by atoms with E-state index in [0.717, 1.165) is 28.7 Å². The summed E-state index contributed by atoms with van der Waals surface area (Å²) in [4.78, 5) is 30.6. The van der Waals surface area contributed by atoms with Gasteiger partial charge in [-0.2, -0.15) is 0 Å². The van der Waals surface area contributed by atoms with E-state index in [4.69, 9.17) is 19.2 Å². The maximum Gasteiger partial charge on any atom is 0.339 e. The number of pyridine rings is 1. The standard InChI is InChI=1S/C32H33FN2O5/c1-7-38-31(37)29(40-32(3,4)5)25-17(2)14-19-15-22(30(36)34-6)23(33)16-21(19)27(25)20-8-9-24-26-18(11-13-39-24)10-12-35-28(20)26/h8-10,12,14-16,29H,7,11,13H2,1-6H3,(H,34,36)/t29-/m0/s1. The van der Waals surface area contributed by atoms with Gasteiger partial charge in [0.15, 0.2) is 6.10 Å². The molecule has 0 unspecified atom stereocenters. The summed E-state index contributed by atoms with van der Waals surface area (Å²) >= 11 is 0. The number of nitrogens with zero attached hydrogens (tertiary/aromatic N) is 1. The van der Waals surface area contributed by atoms with Gasteiger partial charge in [-0.1, -0.05) is 6.07 Å². The van der Waals surface area contributed by atoms with Crippen LogP contribution >= 0.6 is 0 Å². The van der Waals surface area contributed by atoms with Gasteiger partial charge >= 0.3 is 5.97 Å². The monoisotopic (exact) mass is 544 g/mol. The number of esters is 1. The number of benzene rings is 3. The van der Waals surface area contributed by atoms with Gasteiger partial charge in [-0.05, 0) is 92.4 Å². The number of hydrogen-bond donors (Lipinski definition) is 1. The van der Waals surface area contributed by atoms with Gasteiger partial charge in [0, 0.05) is 36.2 Å². The van der Waals surface area contributed by atoms with Gasteiger partial charge in [0.25, 0.3) is 5.91 Å². The number of carbonyl (C=O) groups is 2. The van der Waals surface area contributed by atoms with Gasteiger partial charge in [-0.25, -0.2) is 9.18 Å². The van der Waals surface area contributed by atoms with E-state index in [1.807, 2.05) is 52.0 Å². The van der Waals surface area contributed by atoms with Crippen molar-refractivity contribution in [2.75, 3.05) is 20.3 Å². The second-order valence-corrected chi connectivity index (χ2v) is 10.9. The summed E-state index contributed by atoms with van der Waals surface area (Å²) in [6.07, 6.45) is 1.40. The zero-order chi connectivity index (χ0) is 28.8. The summed E-state index contributed by atoms with van der Waals surface area (Å²) in [5.41, 5.74) is 3.61. The lowest BCUT2D eigenvalue weighted by molar-refractivity contribution is -0.166. The van der Waals surface area contributed by atoms with Crippen LogP contribution in [0.4, 0.5) is 4.39 Å². The molecule has 40 heavy (non-hydrogen) atoms. The minimum Gasteiger partial charge on any atom is -0.493 e. The van der Waals surface area contributed by atoms with Crippen molar-refractivity contribution < 1.29 is 28.2 Å². The molecule has 1 aliphatic heterocycles. The van der Waals surface area contributed by atoms with Crippen LogP contribution in [0.5, 0.6) is 5.75 Å². The van der Waals surface area contributed by atoms with E-state index in [9.17, 15) is 9.59 Å². The summed E-state index contributed by atoms with van der Waals surface area (Å²) < 4.78 is 33.3. The molecule has 0 bridgehead atoms. The molecule has 2 heterocycles. The lowest BCUT2D eigenvalue weighted by atomic mass is 9.85. The molecule has 1 aromatic heterocycles. The third-order valence-electron chi connectivity index (χ3n) is 7.02. The molecule has 7 nitrogen and oxygen atoms in total. The van der Waals surface area contributed by atoms with Crippen LogP contribution in [0.25, 0.3) is 32.8 Å². The van der Waals surface area contributed by atoms with Crippen molar-refractivity contribution in [2.24, 2.45) is 0 Å². The average Bonchev–Trinajstić information content (AvgIpc) is 2.91. The highest BCUT2D eigenvalue weighted by molar-refractivity contribution is 6.10. The van der Waals surface area contributed by atoms with E-state index in [-0.39, 0.29) is 12.2 Å². The molecule has 0 saturated heterocycles. The second-order valence-electron chi connectivity index (χ2n) is 10.9. The van der Waals surface area contributed by atoms with Crippen molar-refractivity contribution >= 4 is 33.6 Å². The van der Waals surface area contributed by atoms with Crippen LogP contribution in [0.15, 0.2) is 42.6 Å². The predicted molar refractivity (Wildman–Crippen MR) is 152 cm³/mol. The number of halogens is 1. The fourth-order valence-electron chi connectivity index (χ4n) is 5.42. The quantitative estimate of drug-likeness (QED) is 0.290. The maximum atomic E-state index is 15.5. The highest BCUT2D eigenvalue weighted by atomic mass is 19.1. The largest absolute Gasteiger partial charge is 0.493 e. The average molecular weight is 545 g/mol.